The van der Waals surface area contributed by atoms with Crippen molar-refractivity contribution in [1.29, 1.82) is 0 Å². The first kappa shape index (κ1) is 14.8. The summed E-state index contributed by atoms with van der Waals surface area (Å²) in [6, 6.07) is 4.02. The van der Waals surface area contributed by atoms with Gasteiger partial charge >= 0.3 is 0 Å². The quantitative estimate of drug-likeness (QED) is 0.548. The number of nitrogens with one attached hydrogen (secondary N) is 1. The van der Waals surface area contributed by atoms with Crippen molar-refractivity contribution in [3.63, 3.8) is 0 Å². The lowest BCUT2D eigenvalue weighted by molar-refractivity contribution is 0.467. The first-order valence-electron chi connectivity index (χ1n) is 6.45. The van der Waals surface area contributed by atoms with Crippen LogP contribution in [0, 0.1) is 11.6 Å². The molecule has 0 bridgehead atoms. The minimum absolute atomic E-state index is 0.231. The van der Waals surface area contributed by atoms with Crippen molar-refractivity contribution in [2.45, 2.75) is 38.6 Å². The van der Waals surface area contributed by atoms with E-state index < -0.39 is 11.6 Å². The normalized spacial score (nSPS) is 12.4. The molecule has 0 amide bonds. The van der Waals surface area contributed by atoms with Crippen molar-refractivity contribution in [2.24, 2.45) is 0 Å². The van der Waals surface area contributed by atoms with E-state index >= 15 is 0 Å². The molecule has 1 aromatic rings. The molecule has 3 heteroatoms. The Hall–Kier alpha value is -1.22. The third kappa shape index (κ3) is 4.96. The third-order valence-electron chi connectivity index (χ3n) is 2.94. The zero-order valence-corrected chi connectivity index (χ0v) is 10.9. The van der Waals surface area contributed by atoms with E-state index in [0.29, 0.717) is 12.0 Å². The fourth-order valence-corrected chi connectivity index (χ4v) is 2.03. The zero-order chi connectivity index (χ0) is 13.4. The van der Waals surface area contributed by atoms with Crippen LogP contribution in [0.4, 0.5) is 8.78 Å². The number of likely N-dealkylation sites (N-methyl/N-ethyl adjacent to an activating group) is 1. The van der Waals surface area contributed by atoms with Gasteiger partial charge < -0.3 is 5.32 Å². The Labute approximate surface area is 108 Å². The molecule has 1 rings (SSSR count). The van der Waals surface area contributed by atoms with E-state index in [-0.39, 0.29) is 6.04 Å². The van der Waals surface area contributed by atoms with Gasteiger partial charge in [-0.25, -0.2) is 8.78 Å². The van der Waals surface area contributed by atoms with Crippen LogP contribution in [0.3, 0.4) is 0 Å². The van der Waals surface area contributed by atoms with Crippen molar-refractivity contribution in [1.82, 2.24) is 5.32 Å². The number of unbranched alkanes of at least 4 members (excludes halogenated alkanes) is 1. The highest BCUT2D eigenvalue weighted by molar-refractivity contribution is 5.19. The summed E-state index contributed by atoms with van der Waals surface area (Å²) < 4.78 is 26.4. The standard InChI is InChI=1S/C15H21F2N/c1-3-5-6-7-14(18-4-2)10-12-8-9-13(16)11-15(12)17/h3,8-9,11,14,18H,1,4-7,10H2,2H3. The Morgan fingerprint density at radius 3 is 2.78 bits per heavy atom. The van der Waals surface area contributed by atoms with Crippen LogP contribution in [0.15, 0.2) is 30.9 Å². The molecule has 1 atom stereocenters. The van der Waals surface area contributed by atoms with Crippen LogP contribution in [0.25, 0.3) is 0 Å². The van der Waals surface area contributed by atoms with E-state index in [1.165, 1.54) is 12.1 Å². The number of rotatable bonds is 8. The zero-order valence-electron chi connectivity index (χ0n) is 10.9. The molecular weight excluding hydrogens is 232 g/mol. The maximum atomic E-state index is 13.6. The number of hydrogen-bond acceptors (Lipinski definition) is 1. The topological polar surface area (TPSA) is 12.0 Å². The first-order chi connectivity index (χ1) is 8.67. The van der Waals surface area contributed by atoms with Crippen molar-refractivity contribution < 1.29 is 8.78 Å². The second-order valence-electron chi connectivity index (χ2n) is 4.41. The summed E-state index contributed by atoms with van der Waals surface area (Å²) in [6.07, 6.45) is 5.45. The minimum Gasteiger partial charge on any atom is -0.314 e. The van der Waals surface area contributed by atoms with Gasteiger partial charge in [-0.3, -0.25) is 0 Å². The largest absolute Gasteiger partial charge is 0.314 e. The highest BCUT2D eigenvalue weighted by atomic mass is 19.1. The van der Waals surface area contributed by atoms with Gasteiger partial charge in [0.05, 0.1) is 0 Å². The van der Waals surface area contributed by atoms with Crippen LogP contribution >= 0.6 is 0 Å². The molecule has 0 saturated carbocycles. The molecule has 1 N–H and O–H groups in total. The van der Waals surface area contributed by atoms with Gasteiger partial charge in [-0.15, -0.1) is 6.58 Å². The summed E-state index contributed by atoms with van der Waals surface area (Å²) >= 11 is 0. The fraction of sp³-hybridized carbons (Fsp3) is 0.467. The van der Waals surface area contributed by atoms with E-state index in [1.807, 2.05) is 13.0 Å². The predicted octanol–water partition coefficient (Wildman–Crippen LogP) is 3.84. The van der Waals surface area contributed by atoms with Crippen molar-refractivity contribution in [3.8, 4) is 0 Å². The lowest BCUT2D eigenvalue weighted by Gasteiger charge is -2.18. The number of halogens is 2. The Morgan fingerprint density at radius 2 is 2.17 bits per heavy atom. The van der Waals surface area contributed by atoms with Crippen LogP contribution < -0.4 is 5.32 Å². The van der Waals surface area contributed by atoms with E-state index in [1.54, 1.807) is 0 Å². The molecule has 1 aromatic carbocycles. The Bertz CT molecular complexity index is 377. The van der Waals surface area contributed by atoms with Gasteiger partial charge in [-0.1, -0.05) is 19.1 Å². The highest BCUT2D eigenvalue weighted by Gasteiger charge is 2.11. The summed E-state index contributed by atoms with van der Waals surface area (Å²) in [5.41, 5.74) is 0.570. The Kier molecular flexibility index (Phi) is 6.58. The summed E-state index contributed by atoms with van der Waals surface area (Å²) in [4.78, 5) is 0. The van der Waals surface area contributed by atoms with Gasteiger partial charge in [0.1, 0.15) is 11.6 Å². The second kappa shape index (κ2) is 7.98. The smallest absolute Gasteiger partial charge is 0.129 e. The number of benzene rings is 1. The predicted molar refractivity (Wildman–Crippen MR) is 71.6 cm³/mol. The molecular formula is C15H21F2N. The van der Waals surface area contributed by atoms with E-state index in [4.69, 9.17) is 0 Å². The first-order valence-corrected chi connectivity index (χ1v) is 6.45. The molecule has 0 saturated heterocycles. The lowest BCUT2D eigenvalue weighted by Crippen LogP contribution is -2.31. The summed E-state index contributed by atoms with van der Waals surface area (Å²) in [5.74, 6) is -0.982. The highest BCUT2D eigenvalue weighted by Crippen LogP contribution is 2.14. The summed E-state index contributed by atoms with van der Waals surface area (Å²) in [5, 5.41) is 3.34. The molecule has 100 valence electrons. The van der Waals surface area contributed by atoms with Crippen molar-refractivity contribution in [2.75, 3.05) is 6.54 Å². The molecule has 0 spiro atoms. The van der Waals surface area contributed by atoms with Crippen LogP contribution in [-0.2, 0) is 6.42 Å². The molecule has 0 aromatic heterocycles. The Balaban J connectivity index is 2.60. The lowest BCUT2D eigenvalue weighted by atomic mass is 10.0. The molecule has 1 nitrogen and oxygen atoms in total. The maximum Gasteiger partial charge on any atom is 0.129 e. The second-order valence-corrected chi connectivity index (χ2v) is 4.41. The molecule has 0 aliphatic heterocycles. The van der Waals surface area contributed by atoms with Gasteiger partial charge in [0.25, 0.3) is 0 Å². The number of hydrogen-bond donors (Lipinski definition) is 1. The molecule has 1 unspecified atom stereocenters. The van der Waals surface area contributed by atoms with Crippen LogP contribution in [0.5, 0.6) is 0 Å². The average molecular weight is 253 g/mol. The Morgan fingerprint density at radius 1 is 1.39 bits per heavy atom. The van der Waals surface area contributed by atoms with Gasteiger partial charge in [-0.05, 0) is 43.9 Å². The van der Waals surface area contributed by atoms with Crippen molar-refractivity contribution >= 4 is 0 Å². The molecule has 0 radical (unpaired) electrons. The maximum absolute atomic E-state index is 13.6. The van der Waals surface area contributed by atoms with Crippen molar-refractivity contribution in [3.05, 3.63) is 48.1 Å². The summed E-state index contributed by atoms with van der Waals surface area (Å²) in [7, 11) is 0. The molecule has 0 fully saturated rings. The molecule has 18 heavy (non-hydrogen) atoms. The number of allylic oxidation sites excluding steroid dienone is 1. The van der Waals surface area contributed by atoms with Gasteiger partial charge in [0.15, 0.2) is 0 Å². The molecule has 0 aliphatic rings. The van der Waals surface area contributed by atoms with Gasteiger partial charge in [0.2, 0.25) is 0 Å². The molecule has 0 heterocycles. The average Bonchev–Trinajstić information content (AvgIpc) is 2.33. The fourth-order valence-electron chi connectivity index (χ4n) is 2.03. The van der Waals surface area contributed by atoms with Gasteiger partial charge in [-0.2, -0.15) is 0 Å². The van der Waals surface area contributed by atoms with Crippen LogP contribution in [0.1, 0.15) is 31.7 Å². The van der Waals surface area contributed by atoms with Crippen LogP contribution in [-0.4, -0.2) is 12.6 Å². The van der Waals surface area contributed by atoms with E-state index in [9.17, 15) is 8.78 Å². The minimum atomic E-state index is -0.525. The molecule has 0 aliphatic carbocycles. The third-order valence-corrected chi connectivity index (χ3v) is 2.94. The summed E-state index contributed by atoms with van der Waals surface area (Å²) in [6.45, 7) is 6.57. The van der Waals surface area contributed by atoms with Crippen LogP contribution in [0.2, 0.25) is 0 Å². The van der Waals surface area contributed by atoms with Gasteiger partial charge in [0, 0.05) is 12.1 Å². The van der Waals surface area contributed by atoms with E-state index in [2.05, 4.69) is 11.9 Å². The van der Waals surface area contributed by atoms with E-state index in [0.717, 1.165) is 31.9 Å². The monoisotopic (exact) mass is 253 g/mol. The SMILES string of the molecule is C=CCCCC(Cc1ccc(F)cc1F)NCC.